The fourth-order valence-corrected chi connectivity index (χ4v) is 4.11. The van der Waals surface area contributed by atoms with Crippen molar-refractivity contribution in [2.24, 2.45) is 11.1 Å². The summed E-state index contributed by atoms with van der Waals surface area (Å²) < 4.78 is 12.1. The summed E-state index contributed by atoms with van der Waals surface area (Å²) in [5, 5.41) is 11.3. The molecular weight excluding hydrogens is 283 g/mol. The molecule has 1 aliphatic carbocycles. The summed E-state index contributed by atoms with van der Waals surface area (Å²) in [7, 11) is -3.63. The first-order valence-corrected chi connectivity index (χ1v) is 8.63. The number of aliphatic carboxylic acids is 1. The van der Waals surface area contributed by atoms with E-state index >= 15 is 0 Å². The molecule has 0 aromatic rings. The molecule has 0 aromatic heterocycles. The van der Waals surface area contributed by atoms with E-state index in [4.69, 9.17) is 10.8 Å². The normalized spacial score (nSPS) is 23.6. The van der Waals surface area contributed by atoms with Crippen LogP contribution in [-0.2, 0) is 14.2 Å². The molecule has 1 fully saturated rings. The topological polar surface area (TPSA) is 130 Å². The van der Waals surface area contributed by atoms with Crippen molar-refractivity contribution in [2.45, 2.75) is 51.4 Å². The summed E-state index contributed by atoms with van der Waals surface area (Å²) >= 11 is 0. The number of hydrogen-bond acceptors (Lipinski definition) is 4. The van der Waals surface area contributed by atoms with Gasteiger partial charge in [0.05, 0.1) is 11.2 Å². The van der Waals surface area contributed by atoms with Crippen LogP contribution in [0.5, 0.6) is 0 Å². The van der Waals surface area contributed by atoms with E-state index in [2.05, 4.69) is 5.32 Å². The van der Waals surface area contributed by atoms with Gasteiger partial charge in [0.15, 0.2) is 0 Å². The lowest BCUT2D eigenvalue weighted by atomic mass is 9.87. The lowest BCUT2D eigenvalue weighted by Gasteiger charge is -2.31. The zero-order valence-corrected chi connectivity index (χ0v) is 12.7. The Hall–Kier alpha value is -0.910. The highest BCUT2D eigenvalue weighted by Crippen LogP contribution is 2.53. The maximum absolute atomic E-state index is 12.3. The Kier molecular flexibility index (Phi) is 5.35. The Bertz CT molecular complexity index is 432. The molecule has 8 heteroatoms. The van der Waals surface area contributed by atoms with Crippen LogP contribution in [0.4, 0.5) is 0 Å². The van der Waals surface area contributed by atoms with Gasteiger partial charge in [-0.1, -0.05) is 12.8 Å². The summed E-state index contributed by atoms with van der Waals surface area (Å²) in [4.78, 5) is 33.1. The second-order valence-corrected chi connectivity index (χ2v) is 8.32. The van der Waals surface area contributed by atoms with Crippen LogP contribution in [-0.4, -0.2) is 39.9 Å². The molecule has 1 unspecified atom stereocenters. The molecule has 0 heterocycles. The average molecular weight is 306 g/mol. The monoisotopic (exact) mass is 306 g/mol. The molecule has 1 amide bonds. The SMILES string of the molecule is C[C@H](NC(=O)C1(CP(=O)(O)[C@H](C)N)CCCC1)C(=O)O. The molecule has 0 radical (unpaired) electrons. The van der Waals surface area contributed by atoms with Crippen LogP contribution in [0.3, 0.4) is 0 Å². The maximum atomic E-state index is 12.3. The molecule has 116 valence electrons. The van der Waals surface area contributed by atoms with Gasteiger partial charge in [-0.25, -0.2) is 0 Å². The third-order valence-electron chi connectivity index (χ3n) is 3.93. The molecule has 0 aliphatic heterocycles. The van der Waals surface area contributed by atoms with Gasteiger partial charge in [0, 0.05) is 6.16 Å². The molecular formula is C12H23N2O5P. The molecule has 0 aromatic carbocycles. The molecule has 0 saturated heterocycles. The molecule has 7 nitrogen and oxygen atoms in total. The molecule has 5 N–H and O–H groups in total. The quantitative estimate of drug-likeness (QED) is 0.535. The standard InChI is InChI=1S/C12H23N2O5P/c1-8(10(15)16)14-11(17)12(5-3-4-6-12)7-20(18,19)9(2)13/h8-9H,3-7,13H2,1-2H3,(H,14,17)(H,15,16)(H,18,19)/t8-,9+/m0/s1. The van der Waals surface area contributed by atoms with Crippen LogP contribution < -0.4 is 11.1 Å². The van der Waals surface area contributed by atoms with Gasteiger partial charge in [-0.2, -0.15) is 0 Å². The highest BCUT2D eigenvalue weighted by molar-refractivity contribution is 7.58. The summed E-state index contributed by atoms with van der Waals surface area (Å²) in [6.45, 7) is 2.81. The van der Waals surface area contributed by atoms with Gasteiger partial charge in [0.25, 0.3) is 0 Å². The van der Waals surface area contributed by atoms with E-state index in [1.807, 2.05) is 0 Å². The van der Waals surface area contributed by atoms with Crippen molar-refractivity contribution in [1.82, 2.24) is 5.32 Å². The van der Waals surface area contributed by atoms with E-state index in [-0.39, 0.29) is 6.16 Å². The van der Waals surface area contributed by atoms with Crippen LogP contribution in [0.2, 0.25) is 0 Å². The number of hydrogen-bond donors (Lipinski definition) is 4. The minimum Gasteiger partial charge on any atom is -0.480 e. The van der Waals surface area contributed by atoms with Gasteiger partial charge in [0.2, 0.25) is 13.3 Å². The fourth-order valence-electron chi connectivity index (χ4n) is 2.50. The van der Waals surface area contributed by atoms with Crippen LogP contribution in [0.25, 0.3) is 0 Å². The van der Waals surface area contributed by atoms with E-state index in [0.29, 0.717) is 12.8 Å². The Labute approximate surface area is 118 Å². The summed E-state index contributed by atoms with van der Waals surface area (Å²) in [6.07, 6.45) is 2.36. The number of carbonyl (C=O) groups is 2. The van der Waals surface area contributed by atoms with Gasteiger partial charge >= 0.3 is 5.97 Å². The van der Waals surface area contributed by atoms with E-state index in [9.17, 15) is 19.0 Å². The van der Waals surface area contributed by atoms with Gasteiger partial charge in [-0.3, -0.25) is 14.2 Å². The number of nitrogens with one attached hydrogen (secondary N) is 1. The molecule has 0 bridgehead atoms. The van der Waals surface area contributed by atoms with E-state index in [1.54, 1.807) is 0 Å². The second kappa shape index (κ2) is 6.24. The number of rotatable bonds is 6. The van der Waals surface area contributed by atoms with Crippen LogP contribution >= 0.6 is 7.37 Å². The van der Waals surface area contributed by atoms with Crippen molar-refractivity contribution in [2.75, 3.05) is 6.16 Å². The van der Waals surface area contributed by atoms with Crippen molar-refractivity contribution in [3.63, 3.8) is 0 Å². The van der Waals surface area contributed by atoms with Crippen molar-refractivity contribution in [1.29, 1.82) is 0 Å². The van der Waals surface area contributed by atoms with E-state index in [0.717, 1.165) is 12.8 Å². The van der Waals surface area contributed by atoms with Crippen molar-refractivity contribution in [3.05, 3.63) is 0 Å². The van der Waals surface area contributed by atoms with Gasteiger partial charge < -0.3 is 21.1 Å². The largest absolute Gasteiger partial charge is 0.480 e. The first-order chi connectivity index (χ1) is 9.11. The fraction of sp³-hybridized carbons (Fsp3) is 0.833. The zero-order chi connectivity index (χ0) is 15.6. The highest BCUT2D eigenvalue weighted by atomic mass is 31.2. The maximum Gasteiger partial charge on any atom is 0.325 e. The average Bonchev–Trinajstić information content (AvgIpc) is 2.77. The summed E-state index contributed by atoms with van der Waals surface area (Å²) in [6, 6.07) is -1.02. The number of carboxylic acids is 1. The first-order valence-electron chi connectivity index (χ1n) is 6.71. The van der Waals surface area contributed by atoms with Gasteiger partial charge in [-0.05, 0) is 26.7 Å². The first kappa shape index (κ1) is 17.1. The Balaban J connectivity index is 2.90. The van der Waals surface area contributed by atoms with Crippen molar-refractivity contribution >= 4 is 19.2 Å². The van der Waals surface area contributed by atoms with Gasteiger partial charge in [0.1, 0.15) is 6.04 Å². The number of carbonyl (C=O) groups excluding carboxylic acids is 1. The molecule has 20 heavy (non-hydrogen) atoms. The molecule has 1 saturated carbocycles. The predicted octanol–water partition coefficient (Wildman–Crippen LogP) is 0.711. The molecule has 0 spiro atoms. The zero-order valence-electron chi connectivity index (χ0n) is 11.8. The number of carboxylic acid groups (broad SMARTS) is 1. The summed E-state index contributed by atoms with van der Waals surface area (Å²) in [5.74, 6) is -2.49. The number of amides is 1. The Morgan fingerprint density at radius 3 is 2.25 bits per heavy atom. The molecule has 3 atom stereocenters. The Morgan fingerprint density at radius 2 is 1.85 bits per heavy atom. The lowest BCUT2D eigenvalue weighted by molar-refractivity contribution is -0.143. The van der Waals surface area contributed by atoms with Crippen LogP contribution in [0.15, 0.2) is 0 Å². The Morgan fingerprint density at radius 1 is 1.35 bits per heavy atom. The van der Waals surface area contributed by atoms with Crippen molar-refractivity contribution < 1.29 is 24.2 Å². The minimum absolute atomic E-state index is 0.185. The van der Waals surface area contributed by atoms with Crippen molar-refractivity contribution in [3.8, 4) is 0 Å². The minimum atomic E-state index is -3.63. The molecule has 1 aliphatic rings. The lowest BCUT2D eigenvalue weighted by Crippen LogP contribution is -2.48. The number of nitrogens with two attached hydrogens (primary N) is 1. The molecule has 1 rings (SSSR count). The van der Waals surface area contributed by atoms with Gasteiger partial charge in [-0.15, -0.1) is 0 Å². The van der Waals surface area contributed by atoms with E-state index in [1.165, 1.54) is 13.8 Å². The predicted molar refractivity (Wildman–Crippen MR) is 74.5 cm³/mol. The third-order valence-corrected chi connectivity index (χ3v) is 6.26. The smallest absolute Gasteiger partial charge is 0.325 e. The highest BCUT2D eigenvalue weighted by Gasteiger charge is 2.47. The van der Waals surface area contributed by atoms with Crippen LogP contribution in [0.1, 0.15) is 39.5 Å². The van der Waals surface area contributed by atoms with Crippen LogP contribution in [0, 0.1) is 5.41 Å². The second-order valence-electron chi connectivity index (χ2n) is 5.68. The summed E-state index contributed by atoms with van der Waals surface area (Å²) in [5.41, 5.74) is 4.55. The van der Waals surface area contributed by atoms with E-state index < -0.39 is 36.5 Å². The third kappa shape index (κ3) is 3.81.